The zero-order valence-corrected chi connectivity index (χ0v) is 10.5. The number of rotatable bonds is 3. The monoisotopic (exact) mass is 291 g/mol. The van der Waals surface area contributed by atoms with E-state index in [4.69, 9.17) is 5.26 Å². The molecule has 0 aliphatic heterocycles. The second kappa shape index (κ2) is 5.84. The zero-order valence-electron chi connectivity index (χ0n) is 9.61. The van der Waals surface area contributed by atoms with Crippen molar-refractivity contribution in [3.05, 3.63) is 23.3 Å². The van der Waals surface area contributed by atoms with Gasteiger partial charge in [0.2, 0.25) is 0 Å². The highest BCUT2D eigenvalue weighted by atomic mass is 32.1. The SMILES string of the molecule is CCOC(=O)c1ccc(OC(F)(F)F)c(S)c1C#N. The molecule has 0 unspecified atom stereocenters. The third-order valence-corrected chi connectivity index (χ3v) is 2.42. The van der Waals surface area contributed by atoms with Crippen LogP contribution in [0.1, 0.15) is 22.8 Å². The van der Waals surface area contributed by atoms with Crippen molar-refractivity contribution in [1.29, 1.82) is 5.26 Å². The number of alkyl halides is 3. The first-order chi connectivity index (χ1) is 8.80. The fourth-order valence-corrected chi connectivity index (χ4v) is 1.56. The number of carbonyl (C=O) groups is 1. The summed E-state index contributed by atoms with van der Waals surface area (Å²) in [7, 11) is 0. The van der Waals surface area contributed by atoms with Crippen molar-refractivity contribution < 1.29 is 27.4 Å². The van der Waals surface area contributed by atoms with Gasteiger partial charge in [0, 0.05) is 0 Å². The van der Waals surface area contributed by atoms with Gasteiger partial charge in [0.05, 0.1) is 22.6 Å². The number of nitriles is 1. The van der Waals surface area contributed by atoms with Crippen molar-refractivity contribution in [3.63, 3.8) is 0 Å². The maximum Gasteiger partial charge on any atom is 0.573 e. The van der Waals surface area contributed by atoms with E-state index in [1.54, 1.807) is 13.0 Å². The molecule has 0 aliphatic carbocycles. The molecule has 8 heteroatoms. The Balaban J connectivity index is 3.24. The molecule has 0 fully saturated rings. The maximum atomic E-state index is 12.1. The largest absolute Gasteiger partial charge is 0.573 e. The van der Waals surface area contributed by atoms with Gasteiger partial charge in [0.1, 0.15) is 11.8 Å². The van der Waals surface area contributed by atoms with Crippen LogP contribution >= 0.6 is 12.6 Å². The van der Waals surface area contributed by atoms with Gasteiger partial charge in [-0.05, 0) is 19.1 Å². The molecule has 102 valence electrons. The first kappa shape index (κ1) is 15.2. The summed E-state index contributed by atoms with van der Waals surface area (Å²) >= 11 is 3.78. The Morgan fingerprint density at radius 1 is 1.47 bits per heavy atom. The summed E-state index contributed by atoms with van der Waals surface area (Å²) in [6.07, 6.45) is -4.91. The number of nitrogens with zero attached hydrogens (tertiary/aromatic N) is 1. The van der Waals surface area contributed by atoms with Gasteiger partial charge in [-0.25, -0.2) is 4.79 Å². The van der Waals surface area contributed by atoms with Crippen molar-refractivity contribution in [2.45, 2.75) is 18.2 Å². The topological polar surface area (TPSA) is 59.3 Å². The van der Waals surface area contributed by atoms with Crippen molar-refractivity contribution in [2.24, 2.45) is 0 Å². The van der Waals surface area contributed by atoms with E-state index in [9.17, 15) is 18.0 Å². The molecule has 0 heterocycles. The Bertz CT molecular complexity index is 537. The third kappa shape index (κ3) is 3.79. The lowest BCUT2D eigenvalue weighted by molar-refractivity contribution is -0.275. The number of carbonyl (C=O) groups excluding carboxylic acids is 1. The van der Waals surface area contributed by atoms with Gasteiger partial charge >= 0.3 is 12.3 Å². The number of hydrogen-bond donors (Lipinski definition) is 1. The molecule has 0 saturated heterocycles. The molecule has 0 amide bonds. The Labute approximate surface area is 112 Å². The molecule has 4 nitrogen and oxygen atoms in total. The zero-order chi connectivity index (χ0) is 14.6. The number of thiol groups is 1. The summed E-state index contributed by atoms with van der Waals surface area (Å²) in [4.78, 5) is 11.1. The summed E-state index contributed by atoms with van der Waals surface area (Å²) in [5, 5.41) is 8.90. The minimum absolute atomic E-state index is 0.0758. The van der Waals surface area contributed by atoms with Crippen molar-refractivity contribution >= 4 is 18.6 Å². The van der Waals surface area contributed by atoms with E-state index in [1.807, 2.05) is 0 Å². The first-order valence-corrected chi connectivity index (χ1v) is 5.43. The van der Waals surface area contributed by atoms with Crippen LogP contribution in [-0.4, -0.2) is 18.9 Å². The Morgan fingerprint density at radius 2 is 2.11 bits per heavy atom. The maximum absolute atomic E-state index is 12.1. The highest BCUT2D eigenvalue weighted by Crippen LogP contribution is 2.33. The molecule has 0 radical (unpaired) electrons. The molecule has 1 aromatic rings. The lowest BCUT2D eigenvalue weighted by Gasteiger charge is -2.13. The second-order valence-electron chi connectivity index (χ2n) is 3.21. The van der Waals surface area contributed by atoms with E-state index in [0.717, 1.165) is 12.1 Å². The number of ether oxygens (including phenoxy) is 2. The molecular formula is C11H8F3NO3S. The predicted molar refractivity (Wildman–Crippen MR) is 61.0 cm³/mol. The van der Waals surface area contributed by atoms with Crippen LogP contribution in [0.25, 0.3) is 0 Å². The lowest BCUT2D eigenvalue weighted by Crippen LogP contribution is -2.18. The molecule has 1 rings (SSSR count). The van der Waals surface area contributed by atoms with E-state index in [2.05, 4.69) is 22.1 Å². The van der Waals surface area contributed by atoms with E-state index in [1.165, 1.54) is 0 Å². The summed E-state index contributed by atoms with van der Waals surface area (Å²) < 4.78 is 44.7. The normalized spacial score (nSPS) is 10.7. The van der Waals surface area contributed by atoms with Crippen LogP contribution in [0.2, 0.25) is 0 Å². The van der Waals surface area contributed by atoms with Crippen LogP contribution in [0.5, 0.6) is 5.75 Å². The van der Waals surface area contributed by atoms with Gasteiger partial charge < -0.3 is 9.47 Å². The molecule has 0 aliphatic rings. The average Bonchev–Trinajstić information content (AvgIpc) is 2.30. The van der Waals surface area contributed by atoms with E-state index in [-0.39, 0.29) is 22.6 Å². The predicted octanol–water partition coefficient (Wildman–Crippen LogP) is 2.92. The molecule has 0 aromatic heterocycles. The van der Waals surface area contributed by atoms with Crippen LogP contribution in [0.3, 0.4) is 0 Å². The smallest absolute Gasteiger partial charge is 0.462 e. The highest BCUT2D eigenvalue weighted by molar-refractivity contribution is 7.80. The fourth-order valence-electron chi connectivity index (χ4n) is 1.27. The number of benzene rings is 1. The van der Waals surface area contributed by atoms with Crippen LogP contribution in [-0.2, 0) is 4.74 Å². The Kier molecular flexibility index (Phi) is 4.67. The van der Waals surface area contributed by atoms with Gasteiger partial charge in [0.25, 0.3) is 0 Å². The summed E-state index contributed by atoms with van der Waals surface area (Å²) in [6.45, 7) is 1.64. The minimum atomic E-state index is -4.91. The molecule has 0 spiro atoms. The van der Waals surface area contributed by atoms with Crippen LogP contribution in [0.15, 0.2) is 17.0 Å². The van der Waals surface area contributed by atoms with E-state index < -0.39 is 18.1 Å². The standard InChI is InChI=1S/C11H8F3NO3S/c1-2-17-10(16)6-3-4-8(18-11(12,13)14)9(19)7(6)5-15/h3-4,19H,2H2,1H3. The third-order valence-electron chi connectivity index (χ3n) is 1.97. The van der Waals surface area contributed by atoms with E-state index in [0.29, 0.717) is 0 Å². The first-order valence-electron chi connectivity index (χ1n) is 4.99. The van der Waals surface area contributed by atoms with Crippen LogP contribution in [0.4, 0.5) is 13.2 Å². The number of halogens is 3. The minimum Gasteiger partial charge on any atom is -0.462 e. The van der Waals surface area contributed by atoms with Gasteiger partial charge in [-0.15, -0.1) is 25.8 Å². The molecule has 0 bridgehead atoms. The van der Waals surface area contributed by atoms with Crippen molar-refractivity contribution in [3.8, 4) is 11.8 Å². The molecule has 19 heavy (non-hydrogen) atoms. The van der Waals surface area contributed by atoms with Gasteiger partial charge in [-0.1, -0.05) is 0 Å². The molecule has 0 saturated carbocycles. The molecule has 0 N–H and O–H groups in total. The number of hydrogen-bond acceptors (Lipinski definition) is 5. The van der Waals surface area contributed by atoms with Crippen LogP contribution < -0.4 is 4.74 Å². The lowest BCUT2D eigenvalue weighted by atomic mass is 10.1. The van der Waals surface area contributed by atoms with Crippen molar-refractivity contribution in [1.82, 2.24) is 0 Å². The average molecular weight is 291 g/mol. The van der Waals surface area contributed by atoms with Crippen LogP contribution in [0, 0.1) is 11.3 Å². The summed E-state index contributed by atoms with van der Waals surface area (Å²) in [5.74, 6) is -1.46. The summed E-state index contributed by atoms with van der Waals surface area (Å²) in [6, 6.07) is 3.54. The molecule has 1 aromatic carbocycles. The highest BCUT2D eigenvalue weighted by Gasteiger charge is 2.33. The summed E-state index contributed by atoms with van der Waals surface area (Å²) in [5.41, 5.74) is -0.493. The molecular weight excluding hydrogens is 283 g/mol. The van der Waals surface area contributed by atoms with E-state index >= 15 is 0 Å². The Hall–Kier alpha value is -1.88. The second-order valence-corrected chi connectivity index (χ2v) is 3.66. The molecule has 0 atom stereocenters. The van der Waals surface area contributed by atoms with Gasteiger partial charge in [-0.2, -0.15) is 5.26 Å². The van der Waals surface area contributed by atoms with Gasteiger partial charge in [0.15, 0.2) is 0 Å². The fraction of sp³-hybridized carbons (Fsp3) is 0.273. The quantitative estimate of drug-likeness (QED) is 0.687. The van der Waals surface area contributed by atoms with Crippen molar-refractivity contribution in [2.75, 3.05) is 6.61 Å². The number of esters is 1. The Morgan fingerprint density at radius 3 is 2.58 bits per heavy atom. The van der Waals surface area contributed by atoms with Gasteiger partial charge in [-0.3, -0.25) is 0 Å².